The lowest BCUT2D eigenvalue weighted by molar-refractivity contribution is 0.581. The fraction of sp³-hybridized carbons (Fsp3) is 0.118. The summed E-state index contributed by atoms with van der Waals surface area (Å²) < 4.78 is 6.95. The van der Waals surface area contributed by atoms with Crippen molar-refractivity contribution in [1.29, 1.82) is 0 Å². The number of hydrogen-bond acceptors (Lipinski definition) is 6. The first-order valence-corrected chi connectivity index (χ1v) is 9.16. The van der Waals surface area contributed by atoms with Crippen molar-refractivity contribution in [3.63, 3.8) is 0 Å². The Morgan fingerprint density at radius 3 is 2.92 bits per heavy atom. The van der Waals surface area contributed by atoms with Crippen LogP contribution in [0.25, 0.3) is 21.7 Å². The number of hydrogen-bond donors (Lipinski definition) is 0. The zero-order valence-corrected chi connectivity index (χ0v) is 14.4. The van der Waals surface area contributed by atoms with E-state index in [-0.39, 0.29) is 5.56 Å². The highest BCUT2D eigenvalue weighted by atomic mass is 32.2. The molecule has 0 atom stereocenters. The molecule has 0 bridgehead atoms. The number of fused-ring (bicyclic) bond motifs is 1. The van der Waals surface area contributed by atoms with E-state index >= 15 is 0 Å². The normalized spacial score (nSPS) is 11.2. The molecule has 0 unspecified atom stereocenters. The number of thioether (sulfide) groups is 1. The van der Waals surface area contributed by atoms with E-state index in [1.165, 1.54) is 11.8 Å². The van der Waals surface area contributed by atoms with Gasteiger partial charge in [-0.3, -0.25) is 9.36 Å². The molecule has 4 aromatic rings. The molecule has 24 heavy (non-hydrogen) atoms. The van der Waals surface area contributed by atoms with E-state index in [0.29, 0.717) is 16.3 Å². The Hall–Kier alpha value is -2.38. The third-order valence-corrected chi connectivity index (χ3v) is 5.54. The van der Waals surface area contributed by atoms with Crippen LogP contribution in [0, 0.1) is 0 Å². The summed E-state index contributed by atoms with van der Waals surface area (Å²) in [4.78, 5) is 21.6. The minimum Gasteiger partial charge on any atom is -0.462 e. The number of benzene rings is 1. The molecule has 4 rings (SSSR count). The van der Waals surface area contributed by atoms with Crippen molar-refractivity contribution in [3.8, 4) is 10.8 Å². The molecule has 0 amide bonds. The van der Waals surface area contributed by atoms with Crippen LogP contribution in [-0.4, -0.2) is 14.5 Å². The fourth-order valence-corrected chi connectivity index (χ4v) is 4.11. The number of para-hydroxylation sites is 1. The van der Waals surface area contributed by atoms with E-state index in [2.05, 4.69) is 9.97 Å². The molecule has 1 aromatic carbocycles. The maximum Gasteiger partial charge on any atom is 0.261 e. The SMILES string of the molecule is Cn1c(SCc2csc(-c3ccco3)n2)nc2ccccc2c1=O. The molecule has 3 aromatic heterocycles. The highest BCUT2D eigenvalue weighted by Crippen LogP contribution is 2.27. The topological polar surface area (TPSA) is 60.9 Å². The van der Waals surface area contributed by atoms with Gasteiger partial charge in [-0.25, -0.2) is 9.97 Å². The summed E-state index contributed by atoms with van der Waals surface area (Å²) in [6.07, 6.45) is 1.64. The van der Waals surface area contributed by atoms with Gasteiger partial charge < -0.3 is 4.42 Å². The molecule has 7 heteroatoms. The first-order chi connectivity index (χ1) is 11.7. The Labute approximate surface area is 146 Å². The summed E-state index contributed by atoms with van der Waals surface area (Å²) in [6, 6.07) is 11.1. The standard InChI is InChI=1S/C17H13N3O2S2/c1-20-16(21)12-5-2-3-6-13(12)19-17(20)24-10-11-9-23-15(18-11)14-7-4-8-22-14/h2-9H,10H2,1H3. The number of furan rings is 1. The van der Waals surface area contributed by atoms with Gasteiger partial charge in [0, 0.05) is 18.2 Å². The maximum atomic E-state index is 12.4. The molecule has 0 fully saturated rings. The van der Waals surface area contributed by atoms with Gasteiger partial charge >= 0.3 is 0 Å². The second-order valence-electron chi connectivity index (χ2n) is 5.19. The summed E-state index contributed by atoms with van der Waals surface area (Å²) in [5.74, 6) is 1.42. The predicted molar refractivity (Wildman–Crippen MR) is 96.4 cm³/mol. The van der Waals surface area contributed by atoms with Crippen LogP contribution in [0.4, 0.5) is 0 Å². The van der Waals surface area contributed by atoms with Gasteiger partial charge in [0.25, 0.3) is 5.56 Å². The number of thiazole rings is 1. The summed E-state index contributed by atoms with van der Waals surface area (Å²) in [5.41, 5.74) is 1.63. The lowest BCUT2D eigenvalue weighted by atomic mass is 10.2. The smallest absolute Gasteiger partial charge is 0.261 e. The molecule has 0 aliphatic carbocycles. The first kappa shape index (κ1) is 15.2. The summed E-state index contributed by atoms with van der Waals surface area (Å²) in [6.45, 7) is 0. The van der Waals surface area contributed by atoms with Gasteiger partial charge in [-0.05, 0) is 24.3 Å². The van der Waals surface area contributed by atoms with Crippen molar-refractivity contribution in [2.75, 3.05) is 0 Å². The van der Waals surface area contributed by atoms with Crippen molar-refractivity contribution in [2.45, 2.75) is 10.9 Å². The van der Waals surface area contributed by atoms with Crippen LogP contribution >= 0.6 is 23.1 Å². The number of rotatable bonds is 4. The van der Waals surface area contributed by atoms with Gasteiger partial charge in [0.15, 0.2) is 15.9 Å². The van der Waals surface area contributed by atoms with Crippen molar-refractivity contribution in [3.05, 3.63) is 64.1 Å². The molecule has 0 N–H and O–H groups in total. The fourth-order valence-electron chi connectivity index (χ4n) is 2.35. The monoisotopic (exact) mass is 355 g/mol. The molecule has 0 radical (unpaired) electrons. The van der Waals surface area contributed by atoms with E-state index in [4.69, 9.17) is 4.42 Å². The zero-order chi connectivity index (χ0) is 16.5. The van der Waals surface area contributed by atoms with E-state index in [9.17, 15) is 4.79 Å². The Balaban J connectivity index is 1.59. The van der Waals surface area contributed by atoms with Crippen LogP contribution in [0.2, 0.25) is 0 Å². The Morgan fingerprint density at radius 2 is 2.08 bits per heavy atom. The average molecular weight is 355 g/mol. The van der Waals surface area contributed by atoms with Gasteiger partial charge in [0.1, 0.15) is 0 Å². The third kappa shape index (κ3) is 2.76. The van der Waals surface area contributed by atoms with Crippen molar-refractivity contribution in [2.24, 2.45) is 7.05 Å². The molecule has 0 saturated carbocycles. The highest BCUT2D eigenvalue weighted by molar-refractivity contribution is 7.98. The van der Waals surface area contributed by atoms with E-state index < -0.39 is 0 Å². The highest BCUT2D eigenvalue weighted by Gasteiger charge is 2.11. The largest absolute Gasteiger partial charge is 0.462 e. The quantitative estimate of drug-likeness (QED) is 0.410. The first-order valence-electron chi connectivity index (χ1n) is 7.29. The third-order valence-electron chi connectivity index (χ3n) is 3.57. The van der Waals surface area contributed by atoms with Crippen molar-refractivity contribution >= 4 is 34.0 Å². The second-order valence-corrected chi connectivity index (χ2v) is 6.99. The number of aromatic nitrogens is 3. The van der Waals surface area contributed by atoms with Crippen LogP contribution in [0.15, 0.2) is 62.4 Å². The van der Waals surface area contributed by atoms with E-state index in [1.54, 1.807) is 35.3 Å². The molecular formula is C17H13N3O2S2. The summed E-state index contributed by atoms with van der Waals surface area (Å²) in [7, 11) is 1.75. The Morgan fingerprint density at radius 1 is 1.21 bits per heavy atom. The molecule has 120 valence electrons. The maximum absolute atomic E-state index is 12.4. The minimum absolute atomic E-state index is 0.0300. The minimum atomic E-state index is -0.0300. The lowest BCUT2D eigenvalue weighted by Gasteiger charge is -2.07. The molecular weight excluding hydrogens is 342 g/mol. The molecule has 0 aliphatic rings. The summed E-state index contributed by atoms with van der Waals surface area (Å²) >= 11 is 3.05. The molecule has 0 saturated heterocycles. The van der Waals surface area contributed by atoms with Gasteiger partial charge in [-0.2, -0.15) is 0 Å². The molecule has 5 nitrogen and oxygen atoms in total. The van der Waals surface area contributed by atoms with Crippen molar-refractivity contribution < 1.29 is 4.42 Å². The second kappa shape index (κ2) is 6.26. The number of nitrogens with zero attached hydrogens (tertiary/aromatic N) is 3. The predicted octanol–water partition coefficient (Wildman–Crippen LogP) is 3.94. The Kier molecular flexibility index (Phi) is 3.95. The van der Waals surface area contributed by atoms with Crippen LogP contribution < -0.4 is 5.56 Å². The van der Waals surface area contributed by atoms with E-state index in [0.717, 1.165) is 22.0 Å². The van der Waals surface area contributed by atoms with Gasteiger partial charge in [-0.15, -0.1) is 11.3 Å². The van der Waals surface area contributed by atoms with Gasteiger partial charge in [0.2, 0.25) is 0 Å². The van der Waals surface area contributed by atoms with Gasteiger partial charge in [-0.1, -0.05) is 23.9 Å². The van der Waals surface area contributed by atoms with Crippen LogP contribution in [0.1, 0.15) is 5.69 Å². The summed E-state index contributed by atoms with van der Waals surface area (Å²) in [5, 5.41) is 4.18. The van der Waals surface area contributed by atoms with Crippen LogP contribution in [0.5, 0.6) is 0 Å². The Bertz CT molecular complexity index is 1050. The molecule has 0 spiro atoms. The van der Waals surface area contributed by atoms with Crippen LogP contribution in [-0.2, 0) is 12.8 Å². The van der Waals surface area contributed by atoms with E-state index in [1.807, 2.05) is 35.7 Å². The van der Waals surface area contributed by atoms with Crippen LogP contribution in [0.3, 0.4) is 0 Å². The van der Waals surface area contributed by atoms with Crippen molar-refractivity contribution in [1.82, 2.24) is 14.5 Å². The van der Waals surface area contributed by atoms with Gasteiger partial charge in [0.05, 0.1) is 22.9 Å². The molecule has 3 heterocycles. The lowest BCUT2D eigenvalue weighted by Crippen LogP contribution is -2.19. The average Bonchev–Trinajstić information content (AvgIpc) is 3.28. The molecule has 0 aliphatic heterocycles. The zero-order valence-electron chi connectivity index (χ0n) is 12.8.